The molecular formula is C29H24O3S. The zero-order valence-corrected chi connectivity index (χ0v) is 19.1. The summed E-state index contributed by atoms with van der Waals surface area (Å²) in [4.78, 5) is 14.3. The first-order valence-electron chi connectivity index (χ1n) is 11.0. The molecule has 0 amide bonds. The zero-order valence-electron chi connectivity index (χ0n) is 18.3. The molecule has 0 N–H and O–H groups in total. The molecule has 33 heavy (non-hydrogen) atoms. The van der Waals surface area contributed by atoms with Gasteiger partial charge in [-0.25, -0.2) is 8.42 Å². The molecule has 0 aromatic heterocycles. The average molecular weight is 453 g/mol. The number of Topliss-reactive ketones (excluding diaryl/α,β-unsaturated/α-hetero) is 1. The van der Waals surface area contributed by atoms with Gasteiger partial charge in [-0.3, -0.25) is 4.79 Å². The van der Waals surface area contributed by atoms with E-state index < -0.39 is 21.0 Å². The molecule has 1 aliphatic rings. The van der Waals surface area contributed by atoms with Gasteiger partial charge >= 0.3 is 0 Å². The summed E-state index contributed by atoms with van der Waals surface area (Å²) in [5, 5.41) is -0.963. The van der Waals surface area contributed by atoms with Crippen LogP contribution in [0.1, 0.15) is 43.8 Å². The SMILES string of the molecule is Cc1ccc(C(=O)[C@H]2[C@H](c3ccccc3)c3ccccc3[C@@H]2S(=O)(=O)c2ccccc2)cc1. The number of carbonyl (C=O) groups is 1. The Morgan fingerprint density at radius 3 is 1.85 bits per heavy atom. The maximum atomic E-state index is 14.0. The second-order valence-electron chi connectivity index (χ2n) is 8.55. The van der Waals surface area contributed by atoms with E-state index in [1.165, 1.54) is 0 Å². The molecule has 4 aromatic carbocycles. The highest BCUT2D eigenvalue weighted by molar-refractivity contribution is 7.91. The Morgan fingerprint density at radius 2 is 1.21 bits per heavy atom. The lowest BCUT2D eigenvalue weighted by Crippen LogP contribution is -2.28. The van der Waals surface area contributed by atoms with Crippen LogP contribution in [0.5, 0.6) is 0 Å². The molecule has 4 aromatic rings. The van der Waals surface area contributed by atoms with Crippen molar-refractivity contribution >= 4 is 15.6 Å². The molecular weight excluding hydrogens is 428 g/mol. The van der Waals surface area contributed by atoms with Crippen LogP contribution in [-0.2, 0) is 9.84 Å². The van der Waals surface area contributed by atoms with Crippen LogP contribution >= 0.6 is 0 Å². The molecule has 0 saturated heterocycles. The maximum absolute atomic E-state index is 14.0. The van der Waals surface area contributed by atoms with Crippen LogP contribution in [0.2, 0.25) is 0 Å². The van der Waals surface area contributed by atoms with E-state index in [2.05, 4.69) is 0 Å². The van der Waals surface area contributed by atoms with Crippen LogP contribution in [0.15, 0.2) is 114 Å². The summed E-state index contributed by atoms with van der Waals surface area (Å²) in [7, 11) is -3.82. The van der Waals surface area contributed by atoms with Gasteiger partial charge in [0.2, 0.25) is 0 Å². The minimum atomic E-state index is -3.82. The van der Waals surface area contributed by atoms with Gasteiger partial charge < -0.3 is 0 Å². The molecule has 164 valence electrons. The summed E-state index contributed by atoms with van der Waals surface area (Å²) in [6.07, 6.45) is 0. The van der Waals surface area contributed by atoms with Gasteiger partial charge in [-0.2, -0.15) is 0 Å². The Balaban J connectivity index is 1.75. The lowest BCUT2D eigenvalue weighted by atomic mass is 9.81. The molecule has 3 nitrogen and oxygen atoms in total. The van der Waals surface area contributed by atoms with E-state index in [-0.39, 0.29) is 16.6 Å². The van der Waals surface area contributed by atoms with Crippen molar-refractivity contribution in [2.75, 3.05) is 0 Å². The van der Waals surface area contributed by atoms with Gasteiger partial charge in [-0.1, -0.05) is 103 Å². The highest BCUT2D eigenvalue weighted by Gasteiger charge is 2.51. The Morgan fingerprint density at radius 1 is 0.667 bits per heavy atom. The monoisotopic (exact) mass is 452 g/mol. The van der Waals surface area contributed by atoms with Gasteiger partial charge in [0.05, 0.1) is 10.8 Å². The van der Waals surface area contributed by atoms with Crippen LogP contribution in [0.3, 0.4) is 0 Å². The second-order valence-corrected chi connectivity index (χ2v) is 10.6. The summed E-state index contributed by atoms with van der Waals surface area (Å²) in [5.41, 5.74) is 4.14. The summed E-state index contributed by atoms with van der Waals surface area (Å²) in [6.45, 7) is 1.97. The molecule has 1 aliphatic carbocycles. The summed E-state index contributed by atoms with van der Waals surface area (Å²) >= 11 is 0. The Bertz CT molecular complexity index is 1390. The molecule has 0 heterocycles. The molecule has 3 atom stereocenters. The predicted molar refractivity (Wildman–Crippen MR) is 130 cm³/mol. The first kappa shape index (κ1) is 21.4. The van der Waals surface area contributed by atoms with Crippen molar-refractivity contribution in [3.8, 4) is 0 Å². The van der Waals surface area contributed by atoms with Gasteiger partial charge in [0.1, 0.15) is 5.25 Å². The van der Waals surface area contributed by atoms with Crippen molar-refractivity contribution in [3.05, 3.63) is 137 Å². The van der Waals surface area contributed by atoms with E-state index in [9.17, 15) is 13.2 Å². The average Bonchev–Trinajstić information content (AvgIpc) is 3.21. The number of sulfone groups is 1. The number of carbonyl (C=O) groups excluding carboxylic acids is 1. The van der Waals surface area contributed by atoms with Gasteiger partial charge in [0.15, 0.2) is 15.6 Å². The van der Waals surface area contributed by atoms with E-state index in [0.29, 0.717) is 11.1 Å². The molecule has 0 spiro atoms. The van der Waals surface area contributed by atoms with Crippen LogP contribution in [0.25, 0.3) is 0 Å². The highest BCUT2D eigenvalue weighted by atomic mass is 32.2. The van der Waals surface area contributed by atoms with E-state index in [1.54, 1.807) is 42.5 Å². The lowest BCUT2D eigenvalue weighted by molar-refractivity contribution is 0.0911. The van der Waals surface area contributed by atoms with Crippen molar-refractivity contribution in [3.63, 3.8) is 0 Å². The molecule has 0 fully saturated rings. The van der Waals surface area contributed by atoms with Crippen LogP contribution < -0.4 is 0 Å². The molecule has 5 rings (SSSR count). The molecule has 0 radical (unpaired) electrons. The summed E-state index contributed by atoms with van der Waals surface area (Å²) in [6, 6.07) is 33.2. The summed E-state index contributed by atoms with van der Waals surface area (Å²) in [5.74, 6) is -1.26. The third-order valence-electron chi connectivity index (χ3n) is 6.53. The number of ketones is 1. The molecule has 0 bridgehead atoms. The van der Waals surface area contributed by atoms with E-state index in [0.717, 1.165) is 16.7 Å². The van der Waals surface area contributed by atoms with Crippen LogP contribution in [-0.4, -0.2) is 14.2 Å². The van der Waals surface area contributed by atoms with E-state index in [4.69, 9.17) is 0 Å². The number of benzene rings is 4. The first-order valence-corrected chi connectivity index (χ1v) is 12.6. The molecule has 0 unspecified atom stereocenters. The standard InChI is InChI=1S/C29H24O3S/c1-20-16-18-22(19-17-20)28(30)27-26(21-10-4-2-5-11-21)24-14-8-9-15-25(24)29(27)33(31,32)23-12-6-3-7-13-23/h2-19,26-27,29H,1H3/t26-,27-,29+/m1/s1. The fourth-order valence-electron chi connectivity index (χ4n) is 4.98. The minimum absolute atomic E-state index is 0.149. The van der Waals surface area contributed by atoms with Gasteiger partial charge in [0.25, 0.3) is 0 Å². The third-order valence-corrected chi connectivity index (χ3v) is 8.67. The Labute approximate surface area is 194 Å². The van der Waals surface area contributed by atoms with Crippen molar-refractivity contribution in [2.45, 2.75) is 23.0 Å². The van der Waals surface area contributed by atoms with Crippen LogP contribution in [0, 0.1) is 12.8 Å². The van der Waals surface area contributed by atoms with Crippen LogP contribution in [0.4, 0.5) is 0 Å². The maximum Gasteiger partial charge on any atom is 0.186 e. The highest BCUT2D eigenvalue weighted by Crippen LogP contribution is 2.54. The fourth-order valence-corrected chi connectivity index (χ4v) is 7.02. The zero-order chi connectivity index (χ0) is 23.0. The van der Waals surface area contributed by atoms with Crippen molar-refractivity contribution in [2.24, 2.45) is 5.92 Å². The number of fused-ring (bicyclic) bond motifs is 1. The molecule has 0 saturated carbocycles. The summed E-state index contributed by atoms with van der Waals surface area (Å²) < 4.78 is 28.0. The minimum Gasteiger partial charge on any atom is -0.294 e. The van der Waals surface area contributed by atoms with Gasteiger partial charge in [0, 0.05) is 11.5 Å². The normalized spacial score (nSPS) is 19.7. The van der Waals surface area contributed by atoms with Crippen molar-refractivity contribution in [1.82, 2.24) is 0 Å². The van der Waals surface area contributed by atoms with E-state index >= 15 is 0 Å². The predicted octanol–water partition coefficient (Wildman–Crippen LogP) is 6.15. The second kappa shape index (κ2) is 8.45. The van der Waals surface area contributed by atoms with Gasteiger partial charge in [-0.05, 0) is 35.7 Å². The number of aryl methyl sites for hydroxylation is 1. The molecule has 4 heteroatoms. The van der Waals surface area contributed by atoms with Crippen molar-refractivity contribution in [1.29, 1.82) is 0 Å². The first-order chi connectivity index (χ1) is 16.0. The third kappa shape index (κ3) is 3.70. The number of hydrogen-bond donors (Lipinski definition) is 0. The van der Waals surface area contributed by atoms with Crippen molar-refractivity contribution < 1.29 is 13.2 Å². The largest absolute Gasteiger partial charge is 0.294 e. The number of rotatable bonds is 5. The lowest BCUT2D eigenvalue weighted by Gasteiger charge is -2.25. The van der Waals surface area contributed by atoms with Gasteiger partial charge in [-0.15, -0.1) is 0 Å². The quantitative estimate of drug-likeness (QED) is 0.341. The Hall–Kier alpha value is -3.50. The molecule has 0 aliphatic heterocycles. The fraction of sp³-hybridized carbons (Fsp3) is 0.138. The number of hydrogen-bond acceptors (Lipinski definition) is 3. The topological polar surface area (TPSA) is 51.2 Å². The van der Waals surface area contributed by atoms with E-state index in [1.807, 2.05) is 73.7 Å². The smallest absolute Gasteiger partial charge is 0.186 e. The Kier molecular flexibility index (Phi) is 5.47.